The summed E-state index contributed by atoms with van der Waals surface area (Å²) in [7, 11) is 1.67. The molecule has 0 bridgehead atoms. The van der Waals surface area contributed by atoms with Gasteiger partial charge >= 0.3 is 0 Å². The van der Waals surface area contributed by atoms with Gasteiger partial charge in [0.05, 0.1) is 24.5 Å². The van der Waals surface area contributed by atoms with E-state index < -0.39 is 0 Å². The van der Waals surface area contributed by atoms with E-state index in [1.807, 2.05) is 29.1 Å². The van der Waals surface area contributed by atoms with Crippen molar-refractivity contribution >= 4 is 5.69 Å². The second-order valence-corrected chi connectivity index (χ2v) is 4.83. The molecule has 2 rings (SSSR count). The van der Waals surface area contributed by atoms with Gasteiger partial charge < -0.3 is 14.8 Å². The number of methoxy groups -OCH3 is 1. The van der Waals surface area contributed by atoms with Gasteiger partial charge in [-0.3, -0.25) is 4.68 Å². The molecule has 0 unspecified atom stereocenters. The lowest BCUT2D eigenvalue weighted by molar-refractivity contribution is 0.146. The van der Waals surface area contributed by atoms with E-state index >= 15 is 0 Å². The molecule has 21 heavy (non-hydrogen) atoms. The van der Waals surface area contributed by atoms with E-state index in [1.54, 1.807) is 7.11 Å². The van der Waals surface area contributed by atoms with E-state index in [0.717, 1.165) is 30.2 Å². The van der Waals surface area contributed by atoms with Crippen molar-refractivity contribution < 1.29 is 9.47 Å². The lowest BCUT2D eigenvalue weighted by atomic mass is 10.2. The Hall–Kier alpha value is -2.01. The fraction of sp³-hybridized carbons (Fsp3) is 0.438. The Balaban J connectivity index is 2.04. The number of hydrogen-bond acceptors (Lipinski definition) is 4. The van der Waals surface area contributed by atoms with Crippen LogP contribution in [0.15, 0.2) is 30.5 Å². The fourth-order valence-corrected chi connectivity index (χ4v) is 2.11. The summed E-state index contributed by atoms with van der Waals surface area (Å²) < 4.78 is 12.8. The third kappa shape index (κ3) is 4.23. The predicted molar refractivity (Wildman–Crippen MR) is 83.8 cm³/mol. The number of ether oxygens (including phenoxy) is 2. The summed E-state index contributed by atoms with van der Waals surface area (Å²) in [6, 6.07) is 8.18. The molecule has 0 fully saturated rings. The van der Waals surface area contributed by atoms with Crippen LogP contribution in [0.3, 0.4) is 0 Å². The summed E-state index contributed by atoms with van der Waals surface area (Å²) in [6.45, 7) is 6.85. The topological polar surface area (TPSA) is 48.3 Å². The number of rotatable bonds is 8. The molecular weight excluding hydrogens is 266 g/mol. The van der Waals surface area contributed by atoms with Gasteiger partial charge in [0.15, 0.2) is 0 Å². The van der Waals surface area contributed by atoms with Crippen molar-refractivity contribution in [3.8, 4) is 5.75 Å². The maximum Gasteiger partial charge on any atom is 0.142 e. The average molecular weight is 289 g/mol. The molecule has 1 aromatic heterocycles. The number of aryl methyl sites for hydroxylation is 2. The van der Waals surface area contributed by atoms with Crippen LogP contribution in [-0.2, 0) is 17.8 Å². The van der Waals surface area contributed by atoms with Crippen LogP contribution in [0.25, 0.3) is 0 Å². The third-order valence-electron chi connectivity index (χ3n) is 3.25. The molecule has 0 aliphatic rings. The molecule has 5 heteroatoms. The Morgan fingerprint density at radius 2 is 2.10 bits per heavy atom. The highest BCUT2D eigenvalue weighted by Crippen LogP contribution is 2.26. The van der Waals surface area contributed by atoms with E-state index in [9.17, 15) is 0 Å². The van der Waals surface area contributed by atoms with Crippen molar-refractivity contribution in [2.24, 2.45) is 0 Å². The number of nitrogens with zero attached hydrogens (tertiary/aromatic N) is 2. The molecule has 2 aromatic rings. The molecule has 5 nitrogen and oxygen atoms in total. The first-order chi connectivity index (χ1) is 10.2. The lowest BCUT2D eigenvalue weighted by Crippen LogP contribution is -2.10. The molecule has 0 amide bonds. The number of nitrogens with one attached hydrogen (secondary N) is 1. The quantitative estimate of drug-likeness (QED) is 0.759. The maximum absolute atomic E-state index is 5.77. The van der Waals surface area contributed by atoms with Crippen LogP contribution in [0.5, 0.6) is 5.75 Å². The fourth-order valence-electron chi connectivity index (χ4n) is 2.11. The SMILES string of the molecule is CCn1nccc1CNc1ccc(C)cc1OCCOC. The highest BCUT2D eigenvalue weighted by molar-refractivity contribution is 5.57. The van der Waals surface area contributed by atoms with Crippen molar-refractivity contribution in [1.29, 1.82) is 0 Å². The summed E-state index contributed by atoms with van der Waals surface area (Å²) >= 11 is 0. The summed E-state index contributed by atoms with van der Waals surface area (Å²) in [5.41, 5.74) is 3.31. The Morgan fingerprint density at radius 3 is 2.86 bits per heavy atom. The van der Waals surface area contributed by atoms with Crippen molar-refractivity contribution in [2.45, 2.75) is 26.9 Å². The second kappa shape index (κ2) is 7.69. The summed E-state index contributed by atoms with van der Waals surface area (Å²) in [6.07, 6.45) is 1.83. The molecule has 0 saturated heterocycles. The van der Waals surface area contributed by atoms with Gasteiger partial charge in [-0.2, -0.15) is 5.10 Å². The van der Waals surface area contributed by atoms with Crippen LogP contribution in [0.2, 0.25) is 0 Å². The van der Waals surface area contributed by atoms with Crippen molar-refractivity contribution in [3.63, 3.8) is 0 Å². The minimum Gasteiger partial charge on any atom is -0.489 e. The first-order valence-electron chi connectivity index (χ1n) is 7.21. The molecule has 1 aromatic carbocycles. The molecule has 114 valence electrons. The van der Waals surface area contributed by atoms with Gasteiger partial charge in [0.1, 0.15) is 12.4 Å². The molecule has 0 atom stereocenters. The van der Waals surface area contributed by atoms with Gasteiger partial charge in [0.2, 0.25) is 0 Å². The van der Waals surface area contributed by atoms with Crippen LogP contribution in [0.1, 0.15) is 18.2 Å². The standard InChI is InChI=1S/C16H23N3O2/c1-4-19-14(7-8-18-19)12-17-15-6-5-13(2)11-16(15)21-10-9-20-3/h5-8,11,17H,4,9-10,12H2,1-3H3. The first kappa shape index (κ1) is 15.4. The minimum absolute atomic E-state index is 0.543. The molecule has 0 saturated carbocycles. The van der Waals surface area contributed by atoms with E-state index in [2.05, 4.69) is 30.3 Å². The van der Waals surface area contributed by atoms with Crippen LogP contribution < -0.4 is 10.1 Å². The molecule has 1 heterocycles. The molecule has 1 N–H and O–H groups in total. The highest BCUT2D eigenvalue weighted by Gasteiger charge is 2.06. The second-order valence-electron chi connectivity index (χ2n) is 4.83. The van der Waals surface area contributed by atoms with Gasteiger partial charge in [-0.15, -0.1) is 0 Å². The van der Waals surface area contributed by atoms with Gasteiger partial charge in [0.25, 0.3) is 0 Å². The van der Waals surface area contributed by atoms with E-state index in [0.29, 0.717) is 13.2 Å². The van der Waals surface area contributed by atoms with Gasteiger partial charge in [-0.1, -0.05) is 6.07 Å². The average Bonchev–Trinajstić information content (AvgIpc) is 2.94. The monoisotopic (exact) mass is 289 g/mol. The van der Waals surface area contributed by atoms with E-state index in [-0.39, 0.29) is 0 Å². The minimum atomic E-state index is 0.543. The summed E-state index contributed by atoms with van der Waals surface area (Å²) in [4.78, 5) is 0. The zero-order valence-corrected chi connectivity index (χ0v) is 12.9. The van der Waals surface area contributed by atoms with Crippen molar-refractivity contribution in [3.05, 3.63) is 41.7 Å². The predicted octanol–water partition coefficient (Wildman–Crippen LogP) is 2.85. The lowest BCUT2D eigenvalue weighted by Gasteiger charge is -2.14. The highest BCUT2D eigenvalue weighted by atomic mass is 16.5. The zero-order chi connectivity index (χ0) is 15.1. The Morgan fingerprint density at radius 1 is 1.24 bits per heavy atom. The number of benzene rings is 1. The number of anilines is 1. The number of hydrogen-bond donors (Lipinski definition) is 1. The van der Waals surface area contributed by atoms with Crippen LogP contribution in [0.4, 0.5) is 5.69 Å². The Labute approximate surface area is 125 Å². The van der Waals surface area contributed by atoms with Gasteiger partial charge in [-0.25, -0.2) is 0 Å². The maximum atomic E-state index is 5.77. The molecular formula is C16H23N3O2. The molecule has 0 radical (unpaired) electrons. The Kier molecular flexibility index (Phi) is 5.63. The van der Waals surface area contributed by atoms with Crippen molar-refractivity contribution in [2.75, 3.05) is 25.6 Å². The largest absolute Gasteiger partial charge is 0.489 e. The van der Waals surface area contributed by atoms with Crippen LogP contribution >= 0.6 is 0 Å². The van der Waals surface area contributed by atoms with E-state index in [4.69, 9.17) is 9.47 Å². The summed E-state index contributed by atoms with van der Waals surface area (Å²) in [5, 5.41) is 7.69. The summed E-state index contributed by atoms with van der Waals surface area (Å²) in [5.74, 6) is 0.856. The van der Waals surface area contributed by atoms with E-state index in [1.165, 1.54) is 5.56 Å². The van der Waals surface area contributed by atoms with Gasteiger partial charge in [0, 0.05) is 19.9 Å². The molecule has 0 aliphatic carbocycles. The Bertz CT molecular complexity index is 566. The van der Waals surface area contributed by atoms with Crippen LogP contribution in [-0.4, -0.2) is 30.1 Å². The third-order valence-corrected chi connectivity index (χ3v) is 3.25. The smallest absolute Gasteiger partial charge is 0.142 e. The molecule has 0 spiro atoms. The van der Waals surface area contributed by atoms with Crippen molar-refractivity contribution in [1.82, 2.24) is 9.78 Å². The normalized spacial score (nSPS) is 10.6. The van der Waals surface area contributed by atoms with Gasteiger partial charge in [-0.05, 0) is 37.6 Å². The number of aromatic nitrogens is 2. The molecule has 0 aliphatic heterocycles. The zero-order valence-electron chi connectivity index (χ0n) is 12.9. The van der Waals surface area contributed by atoms with Crippen LogP contribution in [0, 0.1) is 6.92 Å². The first-order valence-corrected chi connectivity index (χ1v) is 7.21.